The van der Waals surface area contributed by atoms with E-state index in [1.165, 1.54) is 0 Å². The second-order valence-electron chi connectivity index (χ2n) is 8.34. The van der Waals surface area contributed by atoms with Gasteiger partial charge in [-0.15, -0.1) is 0 Å². The van der Waals surface area contributed by atoms with Crippen molar-refractivity contribution in [2.75, 3.05) is 36.1 Å². The van der Waals surface area contributed by atoms with Gasteiger partial charge in [-0.25, -0.2) is 9.97 Å². The second-order valence-corrected chi connectivity index (χ2v) is 9.85. The topological polar surface area (TPSA) is 102 Å². The molecule has 2 aliphatic heterocycles. The SMILES string of the molecule is CCC(CCNc1nc2c(c(NC3CCOCC3)n1)S(=O)CC2)c1nc2ccccc2o1. The average molecular weight is 456 g/mol. The van der Waals surface area contributed by atoms with Crippen LogP contribution in [0.3, 0.4) is 0 Å². The maximum Gasteiger partial charge on any atom is 0.224 e. The maximum atomic E-state index is 12.5. The summed E-state index contributed by atoms with van der Waals surface area (Å²) in [5.74, 6) is 2.92. The largest absolute Gasteiger partial charge is 0.440 e. The average Bonchev–Trinajstić information content (AvgIpc) is 3.41. The number of anilines is 2. The highest BCUT2D eigenvalue weighted by Crippen LogP contribution is 2.31. The zero-order chi connectivity index (χ0) is 21.9. The number of hydrogen-bond acceptors (Lipinski definition) is 8. The van der Waals surface area contributed by atoms with E-state index in [1.807, 2.05) is 24.3 Å². The van der Waals surface area contributed by atoms with E-state index in [1.54, 1.807) is 0 Å². The Morgan fingerprint density at radius 3 is 2.84 bits per heavy atom. The zero-order valence-corrected chi connectivity index (χ0v) is 19.1. The summed E-state index contributed by atoms with van der Waals surface area (Å²) in [7, 11) is -1.04. The van der Waals surface area contributed by atoms with Crippen LogP contribution in [0.4, 0.5) is 11.8 Å². The van der Waals surface area contributed by atoms with Crippen molar-refractivity contribution in [2.45, 2.75) is 55.9 Å². The third-order valence-corrected chi connectivity index (χ3v) is 7.64. The summed E-state index contributed by atoms with van der Waals surface area (Å²) in [6, 6.07) is 8.15. The van der Waals surface area contributed by atoms with E-state index in [0.717, 1.165) is 72.9 Å². The van der Waals surface area contributed by atoms with E-state index in [9.17, 15) is 4.21 Å². The number of fused-ring (bicyclic) bond motifs is 2. The van der Waals surface area contributed by atoms with Gasteiger partial charge in [0.2, 0.25) is 5.95 Å². The van der Waals surface area contributed by atoms with Crippen molar-refractivity contribution < 1.29 is 13.4 Å². The highest BCUT2D eigenvalue weighted by atomic mass is 32.2. The number of aryl methyl sites for hydroxylation is 1. The smallest absolute Gasteiger partial charge is 0.224 e. The molecule has 1 saturated heterocycles. The monoisotopic (exact) mass is 455 g/mol. The van der Waals surface area contributed by atoms with Crippen molar-refractivity contribution in [3.05, 3.63) is 35.9 Å². The second kappa shape index (κ2) is 9.54. The fraction of sp³-hybridized carbons (Fsp3) is 0.522. The Kier molecular flexibility index (Phi) is 6.36. The van der Waals surface area contributed by atoms with Gasteiger partial charge in [-0.1, -0.05) is 19.1 Å². The van der Waals surface area contributed by atoms with Crippen LogP contribution in [0.1, 0.15) is 50.1 Å². The molecule has 1 aromatic carbocycles. The molecule has 0 bridgehead atoms. The quantitative estimate of drug-likeness (QED) is 0.528. The number of nitrogens with zero attached hydrogens (tertiary/aromatic N) is 3. The molecule has 2 atom stereocenters. The summed E-state index contributed by atoms with van der Waals surface area (Å²) in [6.45, 7) is 4.34. The molecule has 0 amide bonds. The van der Waals surface area contributed by atoms with E-state index in [4.69, 9.17) is 14.1 Å². The van der Waals surface area contributed by atoms with E-state index in [-0.39, 0.29) is 12.0 Å². The fourth-order valence-corrected chi connectivity index (χ4v) is 5.65. The molecule has 4 heterocycles. The molecule has 8 nitrogen and oxygen atoms in total. The molecular weight excluding hydrogens is 426 g/mol. The van der Waals surface area contributed by atoms with Gasteiger partial charge in [-0.05, 0) is 37.8 Å². The third-order valence-electron chi connectivity index (χ3n) is 6.18. The Morgan fingerprint density at radius 2 is 2.03 bits per heavy atom. The van der Waals surface area contributed by atoms with Crippen LogP contribution < -0.4 is 10.6 Å². The number of hydrogen-bond donors (Lipinski definition) is 2. The first-order valence-electron chi connectivity index (χ1n) is 11.4. The number of rotatable bonds is 8. The maximum absolute atomic E-state index is 12.5. The summed E-state index contributed by atoms with van der Waals surface area (Å²) < 4.78 is 24.0. The van der Waals surface area contributed by atoms with Crippen molar-refractivity contribution in [1.29, 1.82) is 0 Å². The lowest BCUT2D eigenvalue weighted by atomic mass is 10.0. The fourth-order valence-electron chi connectivity index (χ4n) is 4.33. The minimum atomic E-state index is -1.04. The predicted molar refractivity (Wildman–Crippen MR) is 125 cm³/mol. The molecule has 2 aliphatic rings. The number of oxazole rings is 1. The van der Waals surface area contributed by atoms with Crippen LogP contribution in [0.5, 0.6) is 0 Å². The van der Waals surface area contributed by atoms with Crippen molar-refractivity contribution in [3.8, 4) is 0 Å². The lowest BCUT2D eigenvalue weighted by Gasteiger charge is -2.24. The summed E-state index contributed by atoms with van der Waals surface area (Å²) in [5, 5.41) is 6.89. The van der Waals surface area contributed by atoms with Crippen LogP contribution in [-0.2, 0) is 22.0 Å². The molecule has 9 heteroatoms. The molecule has 0 spiro atoms. The van der Waals surface area contributed by atoms with Crippen molar-refractivity contribution in [1.82, 2.24) is 15.0 Å². The predicted octanol–water partition coefficient (Wildman–Crippen LogP) is 3.87. The lowest BCUT2D eigenvalue weighted by Crippen LogP contribution is -2.29. The zero-order valence-electron chi connectivity index (χ0n) is 18.3. The first-order valence-corrected chi connectivity index (χ1v) is 12.8. The molecular formula is C23H29N5O3S. The number of ether oxygens (including phenoxy) is 1. The first-order chi connectivity index (χ1) is 15.7. The van der Waals surface area contributed by atoms with Crippen LogP contribution in [0.2, 0.25) is 0 Å². The van der Waals surface area contributed by atoms with Crippen LogP contribution in [0, 0.1) is 0 Å². The molecule has 2 N–H and O–H groups in total. The Morgan fingerprint density at radius 1 is 1.19 bits per heavy atom. The highest BCUT2D eigenvalue weighted by Gasteiger charge is 2.27. The normalized spacial score (nSPS) is 19.7. The summed E-state index contributed by atoms with van der Waals surface area (Å²) in [6.07, 6.45) is 4.38. The van der Waals surface area contributed by atoms with Crippen molar-refractivity contribution >= 4 is 33.7 Å². The van der Waals surface area contributed by atoms with E-state index < -0.39 is 10.8 Å². The summed E-state index contributed by atoms with van der Waals surface area (Å²) in [4.78, 5) is 14.8. The van der Waals surface area contributed by atoms with Gasteiger partial charge in [0, 0.05) is 43.9 Å². The number of benzene rings is 1. The molecule has 2 unspecified atom stereocenters. The highest BCUT2D eigenvalue weighted by molar-refractivity contribution is 7.85. The standard InChI is InChI=1S/C23H29N5O3S/c1-2-15(22-26-17-5-3-4-6-19(17)31-22)7-11-24-23-27-18-10-14-32(29)20(18)21(28-23)25-16-8-12-30-13-9-16/h3-6,15-16H,2,7-14H2,1H3,(H2,24,25,27,28). The van der Waals surface area contributed by atoms with Crippen LogP contribution >= 0.6 is 0 Å². The van der Waals surface area contributed by atoms with E-state index >= 15 is 0 Å². The van der Waals surface area contributed by atoms with Crippen molar-refractivity contribution in [3.63, 3.8) is 0 Å². The number of nitrogens with one attached hydrogen (secondary N) is 2. The van der Waals surface area contributed by atoms with Crippen LogP contribution in [-0.4, -0.2) is 50.7 Å². The molecule has 1 fully saturated rings. The van der Waals surface area contributed by atoms with Gasteiger partial charge < -0.3 is 19.8 Å². The number of aromatic nitrogens is 3. The Bertz CT molecular complexity index is 1080. The molecule has 0 radical (unpaired) electrons. The van der Waals surface area contributed by atoms with Crippen LogP contribution in [0.25, 0.3) is 11.1 Å². The van der Waals surface area contributed by atoms with Gasteiger partial charge in [-0.2, -0.15) is 4.98 Å². The van der Waals surface area contributed by atoms with E-state index in [0.29, 0.717) is 24.1 Å². The molecule has 170 valence electrons. The Hall–Kier alpha value is -2.52. The minimum absolute atomic E-state index is 0.219. The molecule has 3 aromatic rings. The first kappa shape index (κ1) is 21.3. The van der Waals surface area contributed by atoms with Gasteiger partial charge >= 0.3 is 0 Å². The molecule has 32 heavy (non-hydrogen) atoms. The Balaban J connectivity index is 1.28. The summed E-state index contributed by atoms with van der Waals surface area (Å²) in [5.41, 5.74) is 2.61. The third kappa shape index (κ3) is 4.49. The summed E-state index contributed by atoms with van der Waals surface area (Å²) >= 11 is 0. The van der Waals surface area contributed by atoms with Gasteiger partial charge in [0.15, 0.2) is 11.5 Å². The lowest BCUT2D eigenvalue weighted by molar-refractivity contribution is 0.0903. The van der Waals surface area contributed by atoms with Crippen LogP contribution in [0.15, 0.2) is 33.6 Å². The molecule has 0 saturated carbocycles. The van der Waals surface area contributed by atoms with Gasteiger partial charge in [0.25, 0.3) is 0 Å². The van der Waals surface area contributed by atoms with E-state index in [2.05, 4.69) is 27.5 Å². The van der Waals surface area contributed by atoms with Gasteiger partial charge in [0.1, 0.15) is 16.2 Å². The molecule has 5 rings (SSSR count). The molecule has 0 aliphatic carbocycles. The van der Waals surface area contributed by atoms with Gasteiger partial charge in [-0.3, -0.25) is 4.21 Å². The van der Waals surface area contributed by atoms with Gasteiger partial charge in [0.05, 0.1) is 16.5 Å². The van der Waals surface area contributed by atoms with Crippen molar-refractivity contribution in [2.24, 2.45) is 0 Å². The Labute approximate surface area is 190 Å². The number of para-hydroxylation sites is 2. The minimum Gasteiger partial charge on any atom is -0.440 e. The molecule has 2 aromatic heterocycles.